The third-order valence-corrected chi connectivity index (χ3v) is 4.99. The van der Waals surface area contributed by atoms with E-state index in [0.29, 0.717) is 0 Å². The summed E-state index contributed by atoms with van der Waals surface area (Å²) in [6, 6.07) is 10.0. The second kappa shape index (κ2) is 6.86. The lowest BCUT2D eigenvalue weighted by atomic mass is 9.97. The van der Waals surface area contributed by atoms with Gasteiger partial charge in [-0.25, -0.2) is 13.9 Å². The van der Waals surface area contributed by atoms with Crippen LogP contribution in [0.25, 0.3) is 5.65 Å². The summed E-state index contributed by atoms with van der Waals surface area (Å²) in [6.07, 6.45) is 5.00. The summed E-state index contributed by atoms with van der Waals surface area (Å²) in [5.41, 5.74) is 3.56. The topological polar surface area (TPSA) is 50.5 Å². The summed E-state index contributed by atoms with van der Waals surface area (Å²) < 4.78 is 14.9. The van der Waals surface area contributed by atoms with E-state index in [1.807, 2.05) is 24.0 Å². The number of fused-ring (bicyclic) bond motifs is 1. The van der Waals surface area contributed by atoms with E-state index in [0.717, 1.165) is 48.4 Å². The zero-order valence-electron chi connectivity index (χ0n) is 14.7. The molecule has 0 bridgehead atoms. The maximum Gasteiger partial charge on any atom is 0.227 e. The van der Waals surface area contributed by atoms with Crippen molar-refractivity contribution in [2.45, 2.75) is 38.6 Å². The number of benzene rings is 1. The largest absolute Gasteiger partial charge is 0.334 e. The van der Waals surface area contributed by atoms with Gasteiger partial charge in [-0.2, -0.15) is 5.10 Å². The van der Waals surface area contributed by atoms with E-state index >= 15 is 0 Å². The van der Waals surface area contributed by atoms with Crippen LogP contribution in [0.4, 0.5) is 4.39 Å². The molecule has 2 aromatic heterocycles. The maximum atomic E-state index is 13.1. The van der Waals surface area contributed by atoms with Crippen molar-refractivity contribution in [1.82, 2.24) is 19.5 Å². The number of amides is 1. The standard InChI is InChI=1S/C20H21FN4O/c1-14-12-17(23-19-9-10-22-25(14)19)18-4-2-3-11-24(18)20(26)13-15-5-7-16(21)8-6-15/h5-10,12,18H,2-4,11,13H2,1H3/t18-/m0/s1. The van der Waals surface area contributed by atoms with E-state index < -0.39 is 0 Å². The van der Waals surface area contributed by atoms with Gasteiger partial charge in [0, 0.05) is 18.3 Å². The Morgan fingerprint density at radius 2 is 2.04 bits per heavy atom. The third-order valence-electron chi connectivity index (χ3n) is 4.99. The van der Waals surface area contributed by atoms with Gasteiger partial charge < -0.3 is 4.90 Å². The molecule has 1 fully saturated rings. The lowest BCUT2D eigenvalue weighted by Crippen LogP contribution is -2.39. The van der Waals surface area contributed by atoms with Crippen molar-refractivity contribution in [1.29, 1.82) is 0 Å². The first-order valence-corrected chi connectivity index (χ1v) is 8.97. The highest BCUT2D eigenvalue weighted by Crippen LogP contribution is 2.31. The molecule has 0 spiro atoms. The molecule has 1 aromatic carbocycles. The van der Waals surface area contributed by atoms with E-state index in [1.165, 1.54) is 12.1 Å². The molecule has 0 saturated carbocycles. The monoisotopic (exact) mass is 352 g/mol. The zero-order valence-corrected chi connectivity index (χ0v) is 14.7. The van der Waals surface area contributed by atoms with Crippen LogP contribution in [0.1, 0.15) is 42.3 Å². The van der Waals surface area contributed by atoms with Crippen molar-refractivity contribution < 1.29 is 9.18 Å². The molecule has 26 heavy (non-hydrogen) atoms. The van der Waals surface area contributed by atoms with E-state index in [-0.39, 0.29) is 24.2 Å². The number of nitrogens with zero attached hydrogens (tertiary/aromatic N) is 4. The maximum absolute atomic E-state index is 13.1. The molecule has 0 aliphatic carbocycles. The Kier molecular flexibility index (Phi) is 4.41. The van der Waals surface area contributed by atoms with E-state index in [4.69, 9.17) is 4.98 Å². The van der Waals surface area contributed by atoms with Gasteiger partial charge in [0.15, 0.2) is 5.65 Å². The van der Waals surface area contributed by atoms with Crippen LogP contribution in [-0.2, 0) is 11.2 Å². The summed E-state index contributed by atoms with van der Waals surface area (Å²) in [4.78, 5) is 19.6. The smallest absolute Gasteiger partial charge is 0.227 e. The number of halogens is 1. The number of hydrogen-bond donors (Lipinski definition) is 0. The van der Waals surface area contributed by atoms with Gasteiger partial charge in [0.2, 0.25) is 5.91 Å². The molecular formula is C20H21FN4O. The molecule has 6 heteroatoms. The number of carbonyl (C=O) groups is 1. The minimum atomic E-state index is -0.286. The summed E-state index contributed by atoms with van der Waals surface area (Å²) in [7, 11) is 0. The minimum Gasteiger partial charge on any atom is -0.334 e. The Morgan fingerprint density at radius 3 is 2.85 bits per heavy atom. The van der Waals surface area contributed by atoms with Crippen molar-refractivity contribution in [3.63, 3.8) is 0 Å². The molecule has 1 atom stereocenters. The highest BCUT2D eigenvalue weighted by Gasteiger charge is 2.29. The van der Waals surface area contributed by atoms with Crippen LogP contribution in [0.2, 0.25) is 0 Å². The Labute approximate surface area is 151 Å². The summed E-state index contributed by atoms with van der Waals surface area (Å²) in [6.45, 7) is 2.73. The Hall–Kier alpha value is -2.76. The van der Waals surface area contributed by atoms with Crippen LogP contribution >= 0.6 is 0 Å². The average Bonchev–Trinajstić information content (AvgIpc) is 3.13. The fourth-order valence-corrected chi connectivity index (χ4v) is 3.68. The lowest BCUT2D eigenvalue weighted by molar-refractivity contribution is -0.134. The van der Waals surface area contributed by atoms with Gasteiger partial charge in [0.25, 0.3) is 0 Å². The highest BCUT2D eigenvalue weighted by molar-refractivity contribution is 5.79. The molecule has 3 heterocycles. The van der Waals surface area contributed by atoms with Crippen LogP contribution in [0.3, 0.4) is 0 Å². The summed E-state index contributed by atoms with van der Waals surface area (Å²) in [5, 5.41) is 4.26. The average molecular weight is 352 g/mol. The van der Waals surface area contributed by atoms with Crippen LogP contribution in [-0.4, -0.2) is 31.9 Å². The predicted molar refractivity (Wildman–Crippen MR) is 96.1 cm³/mol. The quantitative estimate of drug-likeness (QED) is 0.725. The first-order valence-electron chi connectivity index (χ1n) is 8.97. The molecule has 1 saturated heterocycles. The number of likely N-dealkylation sites (tertiary alicyclic amines) is 1. The summed E-state index contributed by atoms with van der Waals surface area (Å²) in [5.74, 6) is -0.222. The van der Waals surface area contributed by atoms with Crippen LogP contribution in [0.5, 0.6) is 0 Å². The second-order valence-electron chi connectivity index (χ2n) is 6.83. The van der Waals surface area contributed by atoms with E-state index in [2.05, 4.69) is 5.10 Å². The molecule has 134 valence electrons. The van der Waals surface area contributed by atoms with Crippen molar-refractivity contribution >= 4 is 11.6 Å². The van der Waals surface area contributed by atoms with Crippen LogP contribution < -0.4 is 0 Å². The zero-order chi connectivity index (χ0) is 18.1. The molecule has 4 rings (SSSR count). The van der Waals surface area contributed by atoms with Gasteiger partial charge in [0.1, 0.15) is 5.82 Å². The normalized spacial score (nSPS) is 17.6. The third kappa shape index (κ3) is 3.19. The van der Waals surface area contributed by atoms with Crippen LogP contribution in [0.15, 0.2) is 42.6 Å². The predicted octanol–water partition coefficient (Wildman–Crippen LogP) is 3.47. The first-order chi connectivity index (χ1) is 12.6. The van der Waals surface area contributed by atoms with Gasteiger partial charge in [-0.1, -0.05) is 12.1 Å². The number of aromatic nitrogens is 3. The first kappa shape index (κ1) is 16.7. The number of rotatable bonds is 3. The lowest BCUT2D eigenvalue weighted by Gasteiger charge is -2.35. The van der Waals surface area contributed by atoms with E-state index in [9.17, 15) is 9.18 Å². The van der Waals surface area contributed by atoms with Crippen molar-refractivity contribution in [3.8, 4) is 0 Å². The number of aryl methyl sites for hydroxylation is 1. The number of carbonyl (C=O) groups excluding carboxylic acids is 1. The molecule has 0 unspecified atom stereocenters. The van der Waals surface area contributed by atoms with Gasteiger partial charge >= 0.3 is 0 Å². The molecule has 1 amide bonds. The molecule has 0 N–H and O–H groups in total. The van der Waals surface area contributed by atoms with Crippen molar-refractivity contribution in [3.05, 3.63) is 65.4 Å². The highest BCUT2D eigenvalue weighted by atomic mass is 19.1. The Bertz CT molecular complexity index is 935. The molecule has 3 aromatic rings. The number of hydrogen-bond acceptors (Lipinski definition) is 3. The molecule has 1 aliphatic rings. The summed E-state index contributed by atoms with van der Waals surface area (Å²) >= 11 is 0. The van der Waals surface area contributed by atoms with Crippen molar-refractivity contribution in [2.75, 3.05) is 6.54 Å². The fourth-order valence-electron chi connectivity index (χ4n) is 3.68. The molecule has 5 nitrogen and oxygen atoms in total. The van der Waals surface area contributed by atoms with Gasteiger partial charge in [-0.05, 0) is 49.9 Å². The Morgan fingerprint density at radius 1 is 1.23 bits per heavy atom. The van der Waals surface area contributed by atoms with Gasteiger partial charge in [-0.15, -0.1) is 0 Å². The minimum absolute atomic E-state index is 0.0182. The fraction of sp³-hybridized carbons (Fsp3) is 0.350. The molecular weight excluding hydrogens is 331 g/mol. The second-order valence-corrected chi connectivity index (χ2v) is 6.83. The van der Waals surface area contributed by atoms with Crippen LogP contribution in [0, 0.1) is 12.7 Å². The number of piperidine rings is 1. The SMILES string of the molecule is Cc1cc([C@@H]2CCCCN2C(=O)Cc2ccc(F)cc2)nc2ccnn12. The molecule has 0 radical (unpaired) electrons. The van der Waals surface area contributed by atoms with E-state index in [1.54, 1.807) is 22.8 Å². The van der Waals surface area contributed by atoms with Gasteiger partial charge in [0.05, 0.1) is 24.4 Å². The molecule has 1 aliphatic heterocycles. The van der Waals surface area contributed by atoms with Crippen molar-refractivity contribution in [2.24, 2.45) is 0 Å². The Balaban J connectivity index is 1.60. The van der Waals surface area contributed by atoms with Gasteiger partial charge in [-0.3, -0.25) is 4.79 Å².